The summed E-state index contributed by atoms with van der Waals surface area (Å²) in [6.45, 7) is 2.01. The highest BCUT2D eigenvalue weighted by atomic mass is 32.1. The summed E-state index contributed by atoms with van der Waals surface area (Å²) in [5, 5.41) is 9.07. The van der Waals surface area contributed by atoms with Crippen LogP contribution in [0.5, 0.6) is 0 Å². The van der Waals surface area contributed by atoms with Crippen molar-refractivity contribution in [1.29, 1.82) is 0 Å². The fourth-order valence-electron chi connectivity index (χ4n) is 2.31. The highest BCUT2D eigenvalue weighted by molar-refractivity contribution is 7.09. The van der Waals surface area contributed by atoms with Crippen LogP contribution >= 0.6 is 11.3 Å². The average Bonchev–Trinajstić information content (AvgIpc) is 2.89. The number of rotatable bonds is 5. The van der Waals surface area contributed by atoms with Gasteiger partial charge in [0.1, 0.15) is 0 Å². The number of aromatic nitrogens is 1. The molecule has 0 radical (unpaired) electrons. The van der Waals surface area contributed by atoms with Crippen molar-refractivity contribution in [3.63, 3.8) is 0 Å². The molecule has 15 heavy (non-hydrogen) atoms. The molecule has 0 aliphatic heterocycles. The van der Waals surface area contributed by atoms with Crippen molar-refractivity contribution in [1.82, 2.24) is 9.88 Å². The zero-order chi connectivity index (χ0) is 10.5. The van der Waals surface area contributed by atoms with E-state index in [1.54, 1.807) is 11.3 Å². The molecule has 0 saturated heterocycles. The lowest BCUT2D eigenvalue weighted by Crippen LogP contribution is -2.34. The number of thiazole rings is 1. The van der Waals surface area contributed by atoms with Crippen LogP contribution in [0.1, 0.15) is 30.6 Å². The zero-order valence-electron chi connectivity index (χ0n) is 8.93. The van der Waals surface area contributed by atoms with E-state index in [1.165, 1.54) is 30.6 Å². The molecule has 1 saturated carbocycles. The fraction of sp³-hybridized carbons (Fsp3) is 0.727. The summed E-state index contributed by atoms with van der Waals surface area (Å²) in [7, 11) is 0. The van der Waals surface area contributed by atoms with Gasteiger partial charge in [-0.1, -0.05) is 12.8 Å². The van der Waals surface area contributed by atoms with Crippen molar-refractivity contribution in [3.05, 3.63) is 16.6 Å². The first-order chi connectivity index (χ1) is 7.40. The molecule has 1 aliphatic rings. The van der Waals surface area contributed by atoms with Gasteiger partial charge >= 0.3 is 0 Å². The lowest BCUT2D eigenvalue weighted by atomic mass is 10.2. The molecule has 0 atom stereocenters. The van der Waals surface area contributed by atoms with Crippen LogP contribution in [0.25, 0.3) is 0 Å². The largest absolute Gasteiger partial charge is 0.395 e. The first-order valence-corrected chi connectivity index (χ1v) is 6.50. The lowest BCUT2D eigenvalue weighted by Gasteiger charge is -2.27. The minimum Gasteiger partial charge on any atom is -0.395 e. The molecule has 1 heterocycles. The molecule has 1 N–H and O–H groups in total. The maximum atomic E-state index is 9.07. The zero-order valence-corrected chi connectivity index (χ0v) is 9.75. The summed E-state index contributed by atoms with van der Waals surface area (Å²) in [6.07, 6.45) is 7.20. The van der Waals surface area contributed by atoms with E-state index in [0.717, 1.165) is 13.1 Å². The van der Waals surface area contributed by atoms with Gasteiger partial charge in [-0.2, -0.15) is 0 Å². The van der Waals surface area contributed by atoms with Crippen LogP contribution in [0.2, 0.25) is 0 Å². The van der Waals surface area contributed by atoms with E-state index in [-0.39, 0.29) is 6.61 Å². The Morgan fingerprint density at radius 3 is 2.87 bits per heavy atom. The molecule has 0 bridgehead atoms. The Kier molecular flexibility index (Phi) is 4.11. The summed E-state index contributed by atoms with van der Waals surface area (Å²) in [5.41, 5.74) is 1.88. The van der Waals surface area contributed by atoms with Crippen molar-refractivity contribution in [2.75, 3.05) is 13.2 Å². The fourth-order valence-corrected chi connectivity index (χ4v) is 2.93. The molecule has 1 fully saturated rings. The molecule has 2 rings (SSSR count). The number of nitrogens with zero attached hydrogens (tertiary/aromatic N) is 2. The molecule has 0 amide bonds. The third-order valence-corrected chi connectivity index (χ3v) is 3.84. The Hall–Kier alpha value is -0.450. The van der Waals surface area contributed by atoms with E-state index >= 15 is 0 Å². The highest BCUT2D eigenvalue weighted by Gasteiger charge is 2.22. The van der Waals surface area contributed by atoms with E-state index in [1.807, 2.05) is 11.7 Å². The van der Waals surface area contributed by atoms with Crippen LogP contribution in [-0.4, -0.2) is 34.2 Å². The normalized spacial score (nSPS) is 17.7. The van der Waals surface area contributed by atoms with Gasteiger partial charge in [0.05, 0.1) is 12.1 Å². The van der Waals surface area contributed by atoms with Crippen molar-refractivity contribution in [2.45, 2.75) is 38.3 Å². The van der Waals surface area contributed by atoms with E-state index in [9.17, 15) is 0 Å². The second-order valence-electron chi connectivity index (χ2n) is 4.10. The van der Waals surface area contributed by atoms with Crippen molar-refractivity contribution in [3.8, 4) is 0 Å². The van der Waals surface area contributed by atoms with Crippen molar-refractivity contribution in [2.24, 2.45) is 0 Å². The number of hydrogen-bond acceptors (Lipinski definition) is 4. The number of hydrogen-bond donors (Lipinski definition) is 1. The van der Waals surface area contributed by atoms with Gasteiger partial charge in [-0.3, -0.25) is 9.88 Å². The molecule has 1 aromatic rings. The Bertz CT molecular complexity index is 270. The maximum absolute atomic E-state index is 9.07. The predicted molar refractivity (Wildman–Crippen MR) is 61.9 cm³/mol. The molecule has 0 unspecified atom stereocenters. The minimum absolute atomic E-state index is 0.259. The average molecular weight is 226 g/mol. The molecule has 3 nitrogen and oxygen atoms in total. The molecular formula is C11H18N2OS. The van der Waals surface area contributed by atoms with E-state index in [0.29, 0.717) is 6.04 Å². The van der Waals surface area contributed by atoms with Crippen molar-refractivity contribution < 1.29 is 5.11 Å². The van der Waals surface area contributed by atoms with Crippen LogP contribution in [0.4, 0.5) is 0 Å². The first-order valence-electron chi connectivity index (χ1n) is 5.62. The monoisotopic (exact) mass is 226 g/mol. The number of aliphatic hydroxyl groups excluding tert-OH is 1. The van der Waals surface area contributed by atoms with Gasteiger partial charge in [0, 0.05) is 30.2 Å². The molecule has 84 valence electrons. The van der Waals surface area contributed by atoms with Crippen LogP contribution in [0.3, 0.4) is 0 Å². The SMILES string of the molecule is OCCN(Cc1cncs1)C1CCCC1. The minimum atomic E-state index is 0.259. The van der Waals surface area contributed by atoms with Gasteiger partial charge in [0.2, 0.25) is 0 Å². The Labute approximate surface area is 94.8 Å². The van der Waals surface area contributed by atoms with Crippen LogP contribution in [0, 0.1) is 0 Å². The summed E-state index contributed by atoms with van der Waals surface area (Å²) >= 11 is 1.70. The van der Waals surface area contributed by atoms with Gasteiger partial charge in [-0.05, 0) is 12.8 Å². The summed E-state index contributed by atoms with van der Waals surface area (Å²) < 4.78 is 0. The molecule has 1 aromatic heterocycles. The molecule has 4 heteroatoms. The third-order valence-electron chi connectivity index (χ3n) is 3.07. The van der Waals surface area contributed by atoms with E-state index in [4.69, 9.17) is 5.11 Å². The van der Waals surface area contributed by atoms with Gasteiger partial charge in [-0.25, -0.2) is 0 Å². The van der Waals surface area contributed by atoms with E-state index < -0.39 is 0 Å². The quantitative estimate of drug-likeness (QED) is 0.833. The third kappa shape index (κ3) is 3.00. The van der Waals surface area contributed by atoms with Crippen molar-refractivity contribution >= 4 is 11.3 Å². The smallest absolute Gasteiger partial charge is 0.0794 e. The highest BCUT2D eigenvalue weighted by Crippen LogP contribution is 2.25. The lowest BCUT2D eigenvalue weighted by molar-refractivity contribution is 0.146. The first kappa shape index (κ1) is 11.0. The molecule has 0 aromatic carbocycles. The maximum Gasteiger partial charge on any atom is 0.0794 e. The van der Waals surface area contributed by atoms with Gasteiger partial charge in [-0.15, -0.1) is 11.3 Å². The van der Waals surface area contributed by atoms with Gasteiger partial charge in [0.25, 0.3) is 0 Å². The standard InChI is InChI=1S/C11H18N2OS/c14-6-5-13(10-3-1-2-4-10)8-11-7-12-9-15-11/h7,9-10,14H,1-6,8H2. The van der Waals surface area contributed by atoms with Crippen LogP contribution in [-0.2, 0) is 6.54 Å². The topological polar surface area (TPSA) is 36.4 Å². The molecule has 0 spiro atoms. The second kappa shape index (κ2) is 5.58. The van der Waals surface area contributed by atoms with Gasteiger partial charge < -0.3 is 5.11 Å². The summed E-state index contributed by atoms with van der Waals surface area (Å²) in [5.74, 6) is 0. The predicted octanol–water partition coefficient (Wildman–Crippen LogP) is 1.88. The molecular weight excluding hydrogens is 208 g/mol. The number of aliphatic hydroxyl groups is 1. The molecule has 1 aliphatic carbocycles. The second-order valence-corrected chi connectivity index (χ2v) is 5.07. The van der Waals surface area contributed by atoms with E-state index in [2.05, 4.69) is 9.88 Å². The Morgan fingerprint density at radius 2 is 2.27 bits per heavy atom. The van der Waals surface area contributed by atoms with Crippen LogP contribution in [0.15, 0.2) is 11.7 Å². The Balaban J connectivity index is 1.93. The van der Waals surface area contributed by atoms with Crippen LogP contribution < -0.4 is 0 Å². The summed E-state index contributed by atoms with van der Waals surface area (Å²) in [4.78, 5) is 7.80. The summed E-state index contributed by atoms with van der Waals surface area (Å²) in [6, 6.07) is 0.680. The Morgan fingerprint density at radius 1 is 1.47 bits per heavy atom. The van der Waals surface area contributed by atoms with Gasteiger partial charge in [0.15, 0.2) is 0 Å².